The van der Waals surface area contributed by atoms with E-state index < -0.39 is 0 Å². The Labute approximate surface area is 150 Å². The molecule has 0 aliphatic rings. The fraction of sp³-hybridized carbons (Fsp3) is 0.462. The van der Waals surface area contributed by atoms with Gasteiger partial charge >= 0.3 is 0 Å². The van der Waals surface area contributed by atoms with Gasteiger partial charge in [0.15, 0.2) is 0 Å². The van der Waals surface area contributed by atoms with Crippen LogP contribution >= 0.6 is 47.5 Å². The van der Waals surface area contributed by atoms with E-state index in [4.69, 9.17) is 5.73 Å². The monoisotopic (exact) mass is 382 g/mol. The SMILES string of the molecule is CCc1nc(C(C)NC(=O)c2csc(CCN)n2)cs1.Cl.Cl. The second-order valence-electron chi connectivity index (χ2n) is 4.38. The van der Waals surface area contributed by atoms with E-state index in [1.807, 2.05) is 12.3 Å². The first kappa shape index (κ1) is 21.3. The summed E-state index contributed by atoms with van der Waals surface area (Å²) in [6, 6.07) is -0.112. The lowest BCUT2D eigenvalue weighted by atomic mass is 10.2. The second kappa shape index (κ2) is 10.1. The summed E-state index contributed by atoms with van der Waals surface area (Å²) in [5.74, 6) is -0.164. The molecule has 1 unspecified atom stereocenters. The van der Waals surface area contributed by atoms with E-state index in [1.54, 1.807) is 16.7 Å². The Kier molecular flexibility index (Phi) is 9.79. The topological polar surface area (TPSA) is 80.9 Å². The number of aryl methyl sites for hydroxylation is 1. The van der Waals surface area contributed by atoms with Crippen LogP contribution in [-0.2, 0) is 12.8 Å². The number of carbonyl (C=O) groups is 1. The molecule has 0 spiro atoms. The summed E-state index contributed by atoms with van der Waals surface area (Å²) < 4.78 is 0. The molecule has 124 valence electrons. The average Bonchev–Trinajstić information content (AvgIpc) is 3.07. The van der Waals surface area contributed by atoms with Crippen molar-refractivity contribution in [2.45, 2.75) is 32.7 Å². The number of halogens is 2. The van der Waals surface area contributed by atoms with Crippen LogP contribution in [-0.4, -0.2) is 22.4 Å². The molecule has 3 N–H and O–H groups in total. The molecule has 0 aromatic carbocycles. The van der Waals surface area contributed by atoms with Crippen molar-refractivity contribution in [3.05, 3.63) is 32.2 Å². The van der Waals surface area contributed by atoms with Gasteiger partial charge in [0.1, 0.15) is 5.69 Å². The molecule has 5 nitrogen and oxygen atoms in total. The van der Waals surface area contributed by atoms with Gasteiger partial charge < -0.3 is 11.1 Å². The maximum Gasteiger partial charge on any atom is 0.271 e. The third kappa shape index (κ3) is 5.48. The largest absolute Gasteiger partial charge is 0.343 e. The highest BCUT2D eigenvalue weighted by atomic mass is 35.5. The van der Waals surface area contributed by atoms with E-state index in [2.05, 4.69) is 22.2 Å². The molecule has 1 amide bonds. The average molecular weight is 383 g/mol. The summed E-state index contributed by atoms with van der Waals surface area (Å²) in [4.78, 5) is 20.9. The Morgan fingerprint density at radius 2 is 1.95 bits per heavy atom. The molecule has 0 aliphatic carbocycles. The van der Waals surface area contributed by atoms with Gasteiger partial charge in [-0.05, 0) is 19.9 Å². The van der Waals surface area contributed by atoms with Crippen LogP contribution in [0.25, 0.3) is 0 Å². The van der Waals surface area contributed by atoms with Gasteiger partial charge in [-0.25, -0.2) is 9.97 Å². The summed E-state index contributed by atoms with van der Waals surface area (Å²) in [6.07, 6.45) is 1.62. The van der Waals surface area contributed by atoms with Crippen molar-refractivity contribution >= 4 is 53.4 Å². The number of nitrogens with one attached hydrogen (secondary N) is 1. The molecule has 2 heterocycles. The molecule has 0 aliphatic heterocycles. The second-order valence-corrected chi connectivity index (χ2v) is 6.27. The molecule has 2 aromatic rings. The van der Waals surface area contributed by atoms with Crippen LogP contribution in [0.2, 0.25) is 0 Å². The van der Waals surface area contributed by atoms with Crippen molar-refractivity contribution in [2.24, 2.45) is 5.73 Å². The zero-order chi connectivity index (χ0) is 14.5. The maximum atomic E-state index is 12.1. The van der Waals surface area contributed by atoms with Crippen LogP contribution in [0.5, 0.6) is 0 Å². The molecule has 0 saturated heterocycles. The first-order chi connectivity index (χ1) is 9.63. The lowest BCUT2D eigenvalue weighted by Gasteiger charge is -2.10. The van der Waals surface area contributed by atoms with Gasteiger partial charge in [0, 0.05) is 17.2 Å². The number of rotatable bonds is 6. The minimum absolute atomic E-state index is 0. The number of nitrogens with zero attached hydrogens (tertiary/aromatic N) is 2. The van der Waals surface area contributed by atoms with Crippen LogP contribution in [0, 0.1) is 0 Å². The molecule has 0 fully saturated rings. The molecular weight excluding hydrogens is 363 g/mol. The van der Waals surface area contributed by atoms with Gasteiger partial charge in [-0.3, -0.25) is 4.79 Å². The summed E-state index contributed by atoms with van der Waals surface area (Å²) >= 11 is 3.09. The van der Waals surface area contributed by atoms with Crippen LogP contribution in [0.4, 0.5) is 0 Å². The van der Waals surface area contributed by atoms with Crippen molar-refractivity contribution in [1.82, 2.24) is 15.3 Å². The number of thiazole rings is 2. The summed E-state index contributed by atoms with van der Waals surface area (Å²) in [6.45, 7) is 4.54. The van der Waals surface area contributed by atoms with E-state index in [0.29, 0.717) is 18.7 Å². The van der Waals surface area contributed by atoms with E-state index in [9.17, 15) is 4.79 Å². The fourth-order valence-corrected chi connectivity index (χ4v) is 3.32. The van der Waals surface area contributed by atoms with E-state index in [0.717, 1.165) is 22.1 Å². The Morgan fingerprint density at radius 3 is 2.55 bits per heavy atom. The van der Waals surface area contributed by atoms with Crippen molar-refractivity contribution in [3.63, 3.8) is 0 Å². The highest BCUT2D eigenvalue weighted by Crippen LogP contribution is 2.18. The molecule has 2 aromatic heterocycles. The van der Waals surface area contributed by atoms with Crippen LogP contribution in [0.3, 0.4) is 0 Å². The highest BCUT2D eigenvalue weighted by Gasteiger charge is 2.16. The summed E-state index contributed by atoms with van der Waals surface area (Å²) in [5, 5.41) is 8.66. The Hall–Kier alpha value is -0.730. The number of hydrogen-bond donors (Lipinski definition) is 2. The van der Waals surface area contributed by atoms with Crippen LogP contribution < -0.4 is 11.1 Å². The van der Waals surface area contributed by atoms with Crippen molar-refractivity contribution < 1.29 is 4.79 Å². The quantitative estimate of drug-likeness (QED) is 0.804. The molecule has 0 radical (unpaired) electrons. The normalized spacial score (nSPS) is 11.2. The van der Waals surface area contributed by atoms with E-state index in [-0.39, 0.29) is 36.8 Å². The van der Waals surface area contributed by atoms with Crippen molar-refractivity contribution in [2.75, 3.05) is 6.54 Å². The van der Waals surface area contributed by atoms with Gasteiger partial charge in [0.25, 0.3) is 5.91 Å². The molecule has 22 heavy (non-hydrogen) atoms. The first-order valence-electron chi connectivity index (χ1n) is 6.53. The van der Waals surface area contributed by atoms with Gasteiger partial charge in [-0.15, -0.1) is 47.5 Å². The standard InChI is InChI=1S/C13H18N4OS2.2ClH/c1-3-11-16-9(6-19-11)8(2)15-13(18)10-7-20-12(17-10)4-5-14;;/h6-8H,3-5,14H2,1-2H3,(H,15,18);2*1H. The predicted molar refractivity (Wildman–Crippen MR) is 96.7 cm³/mol. The van der Waals surface area contributed by atoms with Gasteiger partial charge in [-0.1, -0.05) is 6.92 Å². The molecule has 1 atom stereocenters. The highest BCUT2D eigenvalue weighted by molar-refractivity contribution is 7.10. The smallest absolute Gasteiger partial charge is 0.271 e. The Morgan fingerprint density at radius 1 is 1.27 bits per heavy atom. The number of amides is 1. The van der Waals surface area contributed by atoms with E-state index >= 15 is 0 Å². The lowest BCUT2D eigenvalue weighted by Crippen LogP contribution is -2.27. The third-order valence-electron chi connectivity index (χ3n) is 2.81. The minimum atomic E-state index is -0.164. The van der Waals surface area contributed by atoms with Crippen molar-refractivity contribution in [1.29, 1.82) is 0 Å². The molecule has 0 saturated carbocycles. The zero-order valence-electron chi connectivity index (χ0n) is 12.4. The molecule has 2 rings (SSSR count). The first-order valence-corrected chi connectivity index (χ1v) is 8.29. The van der Waals surface area contributed by atoms with Crippen molar-refractivity contribution in [3.8, 4) is 0 Å². The Bertz CT molecular complexity index is 588. The molecular formula is C13H20Cl2N4OS2. The Balaban J connectivity index is 0.00000220. The van der Waals surface area contributed by atoms with Crippen LogP contribution in [0.1, 0.15) is 46.1 Å². The van der Waals surface area contributed by atoms with Crippen LogP contribution in [0.15, 0.2) is 10.8 Å². The van der Waals surface area contributed by atoms with E-state index in [1.165, 1.54) is 11.3 Å². The predicted octanol–water partition coefficient (Wildman–Crippen LogP) is 3.00. The minimum Gasteiger partial charge on any atom is -0.343 e. The molecule has 9 heteroatoms. The van der Waals surface area contributed by atoms with Gasteiger partial charge in [-0.2, -0.15) is 0 Å². The number of carbonyl (C=O) groups excluding carboxylic acids is 1. The third-order valence-corrected chi connectivity index (χ3v) is 4.73. The number of aromatic nitrogens is 2. The zero-order valence-corrected chi connectivity index (χ0v) is 15.6. The lowest BCUT2D eigenvalue weighted by molar-refractivity contribution is 0.0934. The molecule has 0 bridgehead atoms. The summed E-state index contributed by atoms with van der Waals surface area (Å²) in [5.41, 5.74) is 6.83. The number of nitrogens with two attached hydrogens (primary N) is 1. The van der Waals surface area contributed by atoms with Gasteiger partial charge in [0.2, 0.25) is 0 Å². The fourth-order valence-electron chi connectivity index (χ4n) is 1.68. The van der Waals surface area contributed by atoms with Gasteiger partial charge in [0.05, 0.1) is 21.8 Å². The summed E-state index contributed by atoms with van der Waals surface area (Å²) in [7, 11) is 0. The maximum absolute atomic E-state index is 12.1. The number of hydrogen-bond acceptors (Lipinski definition) is 6.